The van der Waals surface area contributed by atoms with Gasteiger partial charge in [0.15, 0.2) is 0 Å². The summed E-state index contributed by atoms with van der Waals surface area (Å²) in [7, 11) is 1.45. The molecule has 2 aromatic carbocycles. The van der Waals surface area contributed by atoms with Gasteiger partial charge in [-0.2, -0.15) is 0 Å². The molecule has 2 rings (SSSR count). The summed E-state index contributed by atoms with van der Waals surface area (Å²) in [4.78, 5) is 23.4. The minimum atomic E-state index is -0.506. The molecule has 0 radical (unpaired) electrons. The molecule has 23 heavy (non-hydrogen) atoms. The highest BCUT2D eigenvalue weighted by molar-refractivity contribution is 7.98. The van der Waals surface area contributed by atoms with E-state index in [-0.39, 0.29) is 12.3 Å². The summed E-state index contributed by atoms with van der Waals surface area (Å²) >= 11 is 1.44. The summed E-state index contributed by atoms with van der Waals surface area (Å²) in [6.07, 6.45) is 1.87. The first kappa shape index (κ1) is 16.8. The maximum Gasteiger partial charge on any atom is 0.339 e. The van der Waals surface area contributed by atoms with E-state index in [0.717, 1.165) is 4.90 Å². The van der Waals surface area contributed by atoms with Gasteiger partial charge in [0.05, 0.1) is 17.6 Å². The average Bonchev–Trinajstić information content (AvgIpc) is 2.59. The summed E-state index contributed by atoms with van der Waals surface area (Å²) in [6, 6.07) is 11.3. The predicted molar refractivity (Wildman–Crippen MR) is 87.0 cm³/mol. The molecule has 0 aliphatic carbocycles. The zero-order chi connectivity index (χ0) is 16.8. The monoisotopic (exact) mass is 333 g/mol. The van der Waals surface area contributed by atoms with Gasteiger partial charge in [0.2, 0.25) is 0 Å². The number of nitro benzene ring substituents is 1. The first-order valence-corrected chi connectivity index (χ1v) is 7.90. The lowest BCUT2D eigenvalue weighted by Crippen LogP contribution is -2.07. The maximum absolute atomic E-state index is 12.2. The van der Waals surface area contributed by atoms with Crippen molar-refractivity contribution in [2.75, 3.05) is 13.4 Å². The Morgan fingerprint density at radius 3 is 2.65 bits per heavy atom. The van der Waals surface area contributed by atoms with Gasteiger partial charge >= 0.3 is 5.97 Å². The summed E-state index contributed by atoms with van der Waals surface area (Å²) in [6.45, 7) is -0.105. The average molecular weight is 333 g/mol. The third-order valence-corrected chi connectivity index (χ3v) is 3.96. The van der Waals surface area contributed by atoms with Crippen LogP contribution in [0.4, 0.5) is 5.69 Å². The largest absolute Gasteiger partial charge is 0.496 e. The summed E-state index contributed by atoms with van der Waals surface area (Å²) < 4.78 is 10.4. The second-order valence-electron chi connectivity index (χ2n) is 4.53. The van der Waals surface area contributed by atoms with Crippen molar-refractivity contribution < 1.29 is 19.2 Å². The smallest absolute Gasteiger partial charge is 0.339 e. The molecule has 0 saturated carbocycles. The van der Waals surface area contributed by atoms with Gasteiger partial charge in [-0.05, 0) is 24.5 Å². The lowest BCUT2D eigenvalue weighted by Gasteiger charge is -2.10. The summed E-state index contributed by atoms with van der Waals surface area (Å²) in [5.74, 6) is -0.0509. The molecule has 0 aliphatic rings. The number of nitro groups is 1. The topological polar surface area (TPSA) is 78.7 Å². The predicted octanol–water partition coefficient (Wildman–Crippen LogP) is 3.68. The van der Waals surface area contributed by atoms with E-state index < -0.39 is 10.9 Å². The lowest BCUT2D eigenvalue weighted by molar-refractivity contribution is -0.385. The molecule has 0 fully saturated rings. The van der Waals surface area contributed by atoms with E-state index in [9.17, 15) is 14.9 Å². The minimum Gasteiger partial charge on any atom is -0.496 e. The molecule has 0 N–H and O–H groups in total. The quantitative estimate of drug-likeness (QED) is 0.347. The first-order valence-electron chi connectivity index (χ1n) is 6.68. The van der Waals surface area contributed by atoms with Crippen LogP contribution in [0.25, 0.3) is 0 Å². The fourth-order valence-electron chi connectivity index (χ4n) is 2.03. The van der Waals surface area contributed by atoms with E-state index in [4.69, 9.17) is 9.47 Å². The van der Waals surface area contributed by atoms with E-state index >= 15 is 0 Å². The molecular formula is C16H15NO5S. The number of non-ortho nitro benzene ring substituents is 1. The molecule has 0 atom stereocenters. The SMILES string of the molecule is COc1ccc([N+](=O)[O-])cc1COC(=O)c1ccccc1SC. The second-order valence-corrected chi connectivity index (χ2v) is 5.38. The number of nitrogens with zero attached hydrogens (tertiary/aromatic N) is 1. The summed E-state index contributed by atoms with van der Waals surface area (Å²) in [5.41, 5.74) is 0.822. The standard InChI is InChI=1S/C16H15NO5S/c1-21-14-8-7-12(17(19)20)9-11(14)10-22-16(18)13-5-3-4-6-15(13)23-2/h3-9H,10H2,1-2H3. The van der Waals surface area contributed by atoms with E-state index in [0.29, 0.717) is 16.9 Å². The van der Waals surface area contributed by atoms with Crippen molar-refractivity contribution in [2.24, 2.45) is 0 Å². The van der Waals surface area contributed by atoms with Gasteiger partial charge in [-0.1, -0.05) is 12.1 Å². The third kappa shape index (κ3) is 4.01. The van der Waals surface area contributed by atoms with Crippen LogP contribution in [0.15, 0.2) is 47.4 Å². The first-order chi connectivity index (χ1) is 11.1. The number of methoxy groups -OCH3 is 1. The number of carbonyl (C=O) groups is 1. The van der Waals surface area contributed by atoms with Crippen molar-refractivity contribution in [3.05, 3.63) is 63.7 Å². The normalized spacial score (nSPS) is 10.2. The molecule has 0 aromatic heterocycles. The third-order valence-electron chi connectivity index (χ3n) is 3.16. The fraction of sp³-hybridized carbons (Fsp3) is 0.188. The molecule has 0 heterocycles. The van der Waals surface area contributed by atoms with Gasteiger partial charge in [0.1, 0.15) is 12.4 Å². The van der Waals surface area contributed by atoms with Crippen molar-refractivity contribution in [3.63, 3.8) is 0 Å². The van der Waals surface area contributed by atoms with Gasteiger partial charge in [-0.3, -0.25) is 10.1 Å². The number of hydrogen-bond donors (Lipinski definition) is 0. The molecule has 2 aromatic rings. The Hall–Kier alpha value is -2.54. The highest BCUT2D eigenvalue weighted by Crippen LogP contribution is 2.26. The Balaban J connectivity index is 2.18. The van der Waals surface area contributed by atoms with Crippen LogP contribution >= 0.6 is 11.8 Å². The van der Waals surface area contributed by atoms with Crippen LogP contribution in [-0.2, 0) is 11.3 Å². The van der Waals surface area contributed by atoms with Gasteiger partial charge < -0.3 is 9.47 Å². The van der Waals surface area contributed by atoms with Crippen LogP contribution in [0.5, 0.6) is 5.75 Å². The zero-order valence-electron chi connectivity index (χ0n) is 12.6. The molecule has 0 aliphatic heterocycles. The fourth-order valence-corrected chi connectivity index (χ4v) is 2.61. The van der Waals surface area contributed by atoms with E-state index in [1.807, 2.05) is 18.4 Å². The Labute approximate surface area is 137 Å². The molecule has 0 unspecified atom stereocenters. The zero-order valence-corrected chi connectivity index (χ0v) is 13.5. The van der Waals surface area contributed by atoms with Crippen LogP contribution in [0.2, 0.25) is 0 Å². The van der Waals surface area contributed by atoms with Crippen molar-refractivity contribution in [1.82, 2.24) is 0 Å². The van der Waals surface area contributed by atoms with Gasteiger partial charge in [0, 0.05) is 22.6 Å². The molecule has 0 saturated heterocycles. The Morgan fingerprint density at radius 2 is 2.00 bits per heavy atom. The number of rotatable bonds is 6. The molecule has 120 valence electrons. The maximum atomic E-state index is 12.2. The Kier molecular flexibility index (Phi) is 5.59. The minimum absolute atomic E-state index is 0.0821. The molecule has 0 amide bonds. The highest BCUT2D eigenvalue weighted by Gasteiger charge is 2.15. The van der Waals surface area contributed by atoms with Crippen LogP contribution in [-0.4, -0.2) is 24.3 Å². The number of thioether (sulfide) groups is 1. The molecule has 6 nitrogen and oxygen atoms in total. The number of ether oxygens (including phenoxy) is 2. The van der Waals surface area contributed by atoms with Crippen LogP contribution in [0.1, 0.15) is 15.9 Å². The van der Waals surface area contributed by atoms with Crippen LogP contribution in [0, 0.1) is 10.1 Å². The summed E-state index contributed by atoms with van der Waals surface area (Å²) in [5, 5.41) is 10.9. The van der Waals surface area contributed by atoms with Crippen molar-refractivity contribution in [3.8, 4) is 5.75 Å². The van der Waals surface area contributed by atoms with Crippen LogP contribution in [0.3, 0.4) is 0 Å². The second kappa shape index (κ2) is 7.64. The van der Waals surface area contributed by atoms with Crippen molar-refractivity contribution in [2.45, 2.75) is 11.5 Å². The van der Waals surface area contributed by atoms with Gasteiger partial charge in [0.25, 0.3) is 5.69 Å². The molecule has 0 bridgehead atoms. The number of esters is 1. The Bertz CT molecular complexity index is 732. The molecular weight excluding hydrogens is 318 g/mol. The van der Waals surface area contributed by atoms with E-state index in [2.05, 4.69) is 0 Å². The van der Waals surface area contributed by atoms with Gasteiger partial charge in [-0.15, -0.1) is 11.8 Å². The van der Waals surface area contributed by atoms with Crippen molar-refractivity contribution in [1.29, 1.82) is 0 Å². The van der Waals surface area contributed by atoms with Crippen molar-refractivity contribution >= 4 is 23.4 Å². The van der Waals surface area contributed by atoms with Crippen LogP contribution < -0.4 is 4.74 Å². The molecule has 7 heteroatoms. The number of carbonyl (C=O) groups excluding carboxylic acids is 1. The van der Waals surface area contributed by atoms with Gasteiger partial charge in [-0.25, -0.2) is 4.79 Å². The van der Waals surface area contributed by atoms with E-state index in [1.54, 1.807) is 12.1 Å². The highest BCUT2D eigenvalue weighted by atomic mass is 32.2. The number of benzene rings is 2. The van der Waals surface area contributed by atoms with E-state index in [1.165, 1.54) is 37.1 Å². The Morgan fingerprint density at radius 1 is 1.26 bits per heavy atom. The number of hydrogen-bond acceptors (Lipinski definition) is 6. The molecule has 0 spiro atoms. The lowest BCUT2D eigenvalue weighted by atomic mass is 10.2.